The number of rotatable bonds is 7. The van der Waals surface area contributed by atoms with Crippen LogP contribution in [0.15, 0.2) is 114 Å². The summed E-state index contributed by atoms with van der Waals surface area (Å²) in [5.74, 6) is 2.49. The summed E-state index contributed by atoms with van der Waals surface area (Å²) in [5.41, 5.74) is 3.06. The number of nitrogens with zero attached hydrogens (tertiary/aromatic N) is 3. The second kappa shape index (κ2) is 10.6. The van der Waals surface area contributed by atoms with Gasteiger partial charge in [0, 0.05) is 18.0 Å². The summed E-state index contributed by atoms with van der Waals surface area (Å²) in [6, 6.07) is 30.7. The van der Waals surface area contributed by atoms with E-state index in [1.54, 1.807) is 30.5 Å². The molecular weight excluding hydrogens is 524 g/mol. The molecule has 1 saturated heterocycles. The third kappa shape index (κ3) is 4.78. The standard InChI is InChI=1S/C31H24N4O4S/c1-20-8-2-5-12-26(20)38-22-15-13-21(14-16-22)34-30(29(33-31(34)40)24-10-6-7-19-32-24)28-18-17-27(39-28)23-9-3-4-11-25(23)35(36)37/h2-19,29-30H,1H3,(H,33,40)/t29-,30+/m0/s1. The summed E-state index contributed by atoms with van der Waals surface area (Å²) in [5, 5.41) is 15.6. The van der Waals surface area contributed by atoms with Gasteiger partial charge in [-0.3, -0.25) is 15.1 Å². The number of pyridine rings is 1. The number of nitro benzene ring substituents is 1. The molecule has 0 saturated carbocycles. The topological polar surface area (TPSA) is 93.7 Å². The van der Waals surface area contributed by atoms with Crippen molar-refractivity contribution in [1.82, 2.24) is 10.3 Å². The molecule has 0 amide bonds. The average molecular weight is 549 g/mol. The third-order valence-electron chi connectivity index (χ3n) is 6.82. The number of thiocarbonyl (C=S) groups is 1. The number of para-hydroxylation sites is 2. The largest absolute Gasteiger partial charge is 0.459 e. The molecule has 40 heavy (non-hydrogen) atoms. The molecule has 3 heterocycles. The third-order valence-corrected chi connectivity index (χ3v) is 7.13. The second-order valence-electron chi connectivity index (χ2n) is 9.33. The van der Waals surface area contributed by atoms with Crippen molar-refractivity contribution >= 4 is 28.7 Å². The normalized spacial score (nSPS) is 16.5. The Bertz CT molecular complexity index is 1690. The van der Waals surface area contributed by atoms with Crippen LogP contribution in [0.2, 0.25) is 0 Å². The van der Waals surface area contributed by atoms with Crippen LogP contribution in [0.3, 0.4) is 0 Å². The lowest BCUT2D eigenvalue weighted by atomic mass is 10.0. The van der Waals surface area contributed by atoms with E-state index in [4.69, 9.17) is 21.4 Å². The highest BCUT2D eigenvalue weighted by atomic mass is 32.1. The van der Waals surface area contributed by atoms with Crippen LogP contribution < -0.4 is 15.0 Å². The molecule has 1 aliphatic rings. The first-order chi connectivity index (χ1) is 19.5. The quantitative estimate of drug-likeness (QED) is 0.127. The van der Waals surface area contributed by atoms with Crippen molar-refractivity contribution in [2.75, 3.05) is 4.90 Å². The van der Waals surface area contributed by atoms with Crippen LogP contribution in [-0.2, 0) is 0 Å². The number of hydrogen-bond acceptors (Lipinski definition) is 6. The van der Waals surface area contributed by atoms with Gasteiger partial charge in [0.25, 0.3) is 5.69 Å². The van der Waals surface area contributed by atoms with Crippen LogP contribution in [0, 0.1) is 17.0 Å². The molecule has 8 nitrogen and oxygen atoms in total. The molecule has 1 N–H and O–H groups in total. The molecule has 198 valence electrons. The van der Waals surface area contributed by atoms with Gasteiger partial charge in [-0.2, -0.15) is 0 Å². The van der Waals surface area contributed by atoms with Crippen molar-refractivity contribution in [2.45, 2.75) is 19.0 Å². The van der Waals surface area contributed by atoms with Crippen LogP contribution in [0.5, 0.6) is 11.5 Å². The van der Waals surface area contributed by atoms with Crippen molar-refractivity contribution in [3.8, 4) is 22.8 Å². The van der Waals surface area contributed by atoms with E-state index in [0.717, 1.165) is 22.7 Å². The first-order valence-electron chi connectivity index (χ1n) is 12.7. The molecule has 5 aromatic rings. The monoisotopic (exact) mass is 548 g/mol. The second-order valence-corrected chi connectivity index (χ2v) is 9.72. The number of benzene rings is 3. The van der Waals surface area contributed by atoms with Crippen molar-refractivity contribution in [3.05, 3.63) is 136 Å². The molecule has 6 rings (SSSR count). The fourth-order valence-corrected chi connectivity index (χ4v) is 5.24. The first kappa shape index (κ1) is 25.3. The Balaban J connectivity index is 1.37. The molecule has 0 spiro atoms. The van der Waals surface area contributed by atoms with E-state index in [0.29, 0.717) is 27.9 Å². The maximum Gasteiger partial charge on any atom is 0.280 e. The maximum atomic E-state index is 11.6. The van der Waals surface area contributed by atoms with Crippen LogP contribution >= 0.6 is 12.2 Å². The Morgan fingerprint density at radius 1 is 0.950 bits per heavy atom. The molecule has 0 unspecified atom stereocenters. The maximum absolute atomic E-state index is 11.6. The average Bonchev–Trinajstić information content (AvgIpc) is 3.60. The number of hydrogen-bond donors (Lipinski definition) is 1. The van der Waals surface area contributed by atoms with Gasteiger partial charge in [-0.25, -0.2) is 0 Å². The molecular formula is C31H24N4O4S. The van der Waals surface area contributed by atoms with Gasteiger partial charge in [-0.1, -0.05) is 36.4 Å². The molecule has 0 aliphatic carbocycles. The van der Waals surface area contributed by atoms with Gasteiger partial charge in [0.05, 0.1) is 22.2 Å². The Kier molecular flexibility index (Phi) is 6.71. The lowest BCUT2D eigenvalue weighted by molar-refractivity contribution is -0.384. The van der Waals surface area contributed by atoms with Crippen LogP contribution in [-0.4, -0.2) is 15.0 Å². The number of furan rings is 1. The number of aryl methyl sites for hydroxylation is 1. The van der Waals surface area contributed by atoms with Gasteiger partial charge in [0.2, 0.25) is 0 Å². The van der Waals surface area contributed by atoms with Crippen molar-refractivity contribution < 1.29 is 14.1 Å². The summed E-state index contributed by atoms with van der Waals surface area (Å²) in [6.45, 7) is 2.00. The molecule has 0 bridgehead atoms. The van der Waals surface area contributed by atoms with Gasteiger partial charge >= 0.3 is 0 Å². The minimum Gasteiger partial charge on any atom is -0.459 e. The highest BCUT2D eigenvalue weighted by Gasteiger charge is 2.42. The van der Waals surface area contributed by atoms with Crippen molar-refractivity contribution in [3.63, 3.8) is 0 Å². The smallest absolute Gasteiger partial charge is 0.280 e. The van der Waals surface area contributed by atoms with E-state index in [1.165, 1.54) is 6.07 Å². The van der Waals surface area contributed by atoms with Crippen molar-refractivity contribution in [1.29, 1.82) is 0 Å². The lowest BCUT2D eigenvalue weighted by Gasteiger charge is -2.26. The summed E-state index contributed by atoms with van der Waals surface area (Å²) >= 11 is 5.81. The summed E-state index contributed by atoms with van der Waals surface area (Å²) in [7, 11) is 0. The van der Waals surface area contributed by atoms with Crippen LogP contribution in [0.1, 0.15) is 29.1 Å². The lowest BCUT2D eigenvalue weighted by Crippen LogP contribution is -2.29. The zero-order valence-corrected chi connectivity index (χ0v) is 22.2. The van der Waals surface area contributed by atoms with E-state index in [2.05, 4.69) is 10.3 Å². The number of ether oxygens (including phenoxy) is 1. The summed E-state index contributed by atoms with van der Waals surface area (Å²) < 4.78 is 12.4. The Hall–Kier alpha value is -5.02. The van der Waals surface area contributed by atoms with Gasteiger partial charge in [0.15, 0.2) is 5.11 Å². The van der Waals surface area contributed by atoms with E-state index >= 15 is 0 Å². The molecule has 1 aliphatic heterocycles. The highest BCUT2D eigenvalue weighted by Crippen LogP contribution is 2.44. The minimum atomic E-state index is -0.409. The fraction of sp³-hybridized carbons (Fsp3) is 0.0968. The zero-order chi connectivity index (χ0) is 27.6. The van der Waals surface area contributed by atoms with Gasteiger partial charge in [-0.05, 0) is 85.4 Å². The van der Waals surface area contributed by atoms with E-state index in [1.807, 2.05) is 84.6 Å². The Labute approximate surface area is 236 Å². The fourth-order valence-electron chi connectivity index (χ4n) is 4.89. The van der Waals surface area contributed by atoms with Gasteiger partial charge in [0.1, 0.15) is 29.1 Å². The first-order valence-corrected chi connectivity index (χ1v) is 13.1. The number of nitrogens with one attached hydrogen (secondary N) is 1. The molecule has 3 aromatic carbocycles. The zero-order valence-electron chi connectivity index (χ0n) is 21.4. The highest BCUT2D eigenvalue weighted by molar-refractivity contribution is 7.80. The number of nitro groups is 1. The van der Waals surface area contributed by atoms with E-state index in [-0.39, 0.29) is 11.7 Å². The number of anilines is 1. The van der Waals surface area contributed by atoms with Crippen molar-refractivity contribution in [2.24, 2.45) is 0 Å². The molecule has 9 heteroatoms. The van der Waals surface area contributed by atoms with E-state index < -0.39 is 11.0 Å². The van der Waals surface area contributed by atoms with Gasteiger partial charge < -0.3 is 19.4 Å². The Morgan fingerprint density at radius 3 is 2.45 bits per heavy atom. The SMILES string of the molecule is Cc1ccccc1Oc1ccc(N2C(=S)N[C@@H](c3ccccn3)[C@H]2c2ccc(-c3ccccc3[N+](=O)[O-])o2)cc1. The Morgan fingerprint density at radius 2 is 1.70 bits per heavy atom. The van der Waals surface area contributed by atoms with Crippen LogP contribution in [0.4, 0.5) is 11.4 Å². The molecule has 2 aromatic heterocycles. The summed E-state index contributed by atoms with van der Waals surface area (Å²) in [4.78, 5) is 17.8. The minimum absolute atomic E-state index is 0.0224. The van der Waals surface area contributed by atoms with Gasteiger partial charge in [-0.15, -0.1) is 0 Å². The van der Waals surface area contributed by atoms with Crippen LogP contribution in [0.25, 0.3) is 11.3 Å². The number of aromatic nitrogens is 1. The molecule has 2 atom stereocenters. The van der Waals surface area contributed by atoms with E-state index in [9.17, 15) is 10.1 Å². The predicted octanol–water partition coefficient (Wildman–Crippen LogP) is 7.53. The molecule has 0 radical (unpaired) electrons. The predicted molar refractivity (Wildman–Crippen MR) is 156 cm³/mol. The summed E-state index contributed by atoms with van der Waals surface area (Å²) in [6.07, 6.45) is 1.73. The molecule has 1 fully saturated rings.